The van der Waals surface area contributed by atoms with Crippen molar-refractivity contribution in [2.75, 3.05) is 12.3 Å². The fourth-order valence-corrected chi connectivity index (χ4v) is 4.78. The van der Waals surface area contributed by atoms with Crippen molar-refractivity contribution in [1.29, 1.82) is 0 Å². The van der Waals surface area contributed by atoms with Gasteiger partial charge in [0.1, 0.15) is 10.7 Å². The van der Waals surface area contributed by atoms with E-state index in [2.05, 4.69) is 34.3 Å². The second-order valence-corrected chi connectivity index (χ2v) is 8.98. The van der Waals surface area contributed by atoms with Crippen LogP contribution in [0.15, 0.2) is 29.1 Å². The van der Waals surface area contributed by atoms with Gasteiger partial charge in [-0.05, 0) is 25.8 Å². The van der Waals surface area contributed by atoms with Crippen LogP contribution in [0, 0.1) is 13.8 Å². The molecule has 0 fully saturated rings. The molecule has 2 heterocycles. The number of thioether (sulfide) groups is 1. The van der Waals surface area contributed by atoms with E-state index in [4.69, 9.17) is 0 Å². The summed E-state index contributed by atoms with van der Waals surface area (Å²) in [6.45, 7) is 6.88. The van der Waals surface area contributed by atoms with Crippen molar-refractivity contribution in [2.24, 2.45) is 0 Å². The maximum atomic E-state index is 12.8. The number of amides is 1. The number of unbranched alkanes of at least 4 members (excludes halogenated alkanes) is 1. The van der Waals surface area contributed by atoms with Gasteiger partial charge in [-0.15, -0.1) is 23.1 Å². The Balaban J connectivity index is 1.76. The zero-order valence-electron chi connectivity index (χ0n) is 16.4. The molecule has 7 heteroatoms. The zero-order valence-corrected chi connectivity index (χ0v) is 18.1. The van der Waals surface area contributed by atoms with Gasteiger partial charge in [-0.1, -0.05) is 43.2 Å². The van der Waals surface area contributed by atoms with Crippen LogP contribution >= 0.6 is 23.1 Å². The summed E-state index contributed by atoms with van der Waals surface area (Å²) >= 11 is 3.00. The van der Waals surface area contributed by atoms with E-state index in [1.54, 1.807) is 0 Å². The Morgan fingerprint density at radius 1 is 1.25 bits per heavy atom. The summed E-state index contributed by atoms with van der Waals surface area (Å²) in [7, 11) is 0. The van der Waals surface area contributed by atoms with Gasteiger partial charge in [0.05, 0.1) is 16.9 Å². The largest absolute Gasteiger partial charge is 0.355 e. The van der Waals surface area contributed by atoms with E-state index in [1.165, 1.54) is 28.7 Å². The van der Waals surface area contributed by atoms with Gasteiger partial charge < -0.3 is 10.3 Å². The summed E-state index contributed by atoms with van der Waals surface area (Å²) < 4.78 is 0. The van der Waals surface area contributed by atoms with Crippen LogP contribution in [0.3, 0.4) is 0 Å². The number of H-pyrrole nitrogens is 1. The minimum Gasteiger partial charge on any atom is -0.355 e. The van der Waals surface area contributed by atoms with Gasteiger partial charge in [-0.25, -0.2) is 4.98 Å². The van der Waals surface area contributed by atoms with E-state index in [0.717, 1.165) is 33.7 Å². The van der Waals surface area contributed by atoms with Crippen molar-refractivity contribution in [1.82, 2.24) is 15.3 Å². The number of carbonyl (C=O) groups excluding carboxylic acids is 1. The van der Waals surface area contributed by atoms with Crippen LogP contribution in [0.2, 0.25) is 0 Å². The first-order chi connectivity index (χ1) is 13.5. The molecular formula is C21H25N3O2S2. The minimum atomic E-state index is -0.118. The molecule has 0 saturated carbocycles. The molecule has 148 valence electrons. The van der Waals surface area contributed by atoms with Gasteiger partial charge >= 0.3 is 0 Å². The summed E-state index contributed by atoms with van der Waals surface area (Å²) in [4.78, 5) is 33.9. The molecule has 0 aliphatic heterocycles. The lowest BCUT2D eigenvalue weighted by atomic mass is 10.0. The Bertz CT molecular complexity index is 1020. The van der Waals surface area contributed by atoms with Crippen LogP contribution in [-0.4, -0.2) is 28.2 Å². The van der Waals surface area contributed by atoms with Gasteiger partial charge in [0.2, 0.25) is 5.91 Å². The lowest BCUT2D eigenvalue weighted by Crippen LogP contribution is -2.26. The van der Waals surface area contributed by atoms with E-state index < -0.39 is 0 Å². The van der Waals surface area contributed by atoms with Crippen LogP contribution in [0.5, 0.6) is 0 Å². The van der Waals surface area contributed by atoms with Gasteiger partial charge in [-0.3, -0.25) is 9.59 Å². The fraction of sp³-hybridized carbons (Fsp3) is 0.381. The minimum absolute atomic E-state index is 0.0236. The van der Waals surface area contributed by atoms with Crippen molar-refractivity contribution in [3.8, 4) is 11.1 Å². The Morgan fingerprint density at radius 2 is 2.00 bits per heavy atom. The van der Waals surface area contributed by atoms with E-state index in [9.17, 15) is 9.59 Å². The molecule has 0 spiro atoms. The molecule has 1 amide bonds. The first-order valence-corrected chi connectivity index (χ1v) is 11.4. The van der Waals surface area contributed by atoms with Crippen LogP contribution in [0.1, 0.15) is 36.0 Å². The number of carbonyl (C=O) groups is 1. The molecule has 0 aliphatic carbocycles. The molecule has 0 atom stereocenters. The quantitative estimate of drug-likeness (QED) is 0.534. The van der Waals surface area contributed by atoms with Crippen LogP contribution < -0.4 is 10.9 Å². The summed E-state index contributed by atoms with van der Waals surface area (Å²) in [5.41, 5.74) is 3.06. The second-order valence-electron chi connectivity index (χ2n) is 6.79. The highest BCUT2D eigenvalue weighted by atomic mass is 32.2. The first kappa shape index (κ1) is 20.6. The molecule has 28 heavy (non-hydrogen) atoms. The maximum Gasteiger partial charge on any atom is 0.260 e. The highest BCUT2D eigenvalue weighted by molar-refractivity contribution is 7.99. The Hall–Kier alpha value is -2.12. The predicted octanol–water partition coefficient (Wildman–Crippen LogP) is 4.42. The molecule has 0 saturated heterocycles. The first-order valence-electron chi connectivity index (χ1n) is 9.43. The average Bonchev–Trinajstić information content (AvgIpc) is 2.99. The van der Waals surface area contributed by atoms with Crippen molar-refractivity contribution < 1.29 is 4.79 Å². The van der Waals surface area contributed by atoms with E-state index >= 15 is 0 Å². The number of nitrogens with one attached hydrogen (secondary N) is 2. The predicted molar refractivity (Wildman–Crippen MR) is 119 cm³/mol. The van der Waals surface area contributed by atoms with Gasteiger partial charge in [-0.2, -0.15) is 0 Å². The fourth-order valence-electron chi connectivity index (χ4n) is 3.00. The molecule has 2 N–H and O–H groups in total. The lowest BCUT2D eigenvalue weighted by molar-refractivity contribution is -0.118. The molecule has 5 nitrogen and oxygen atoms in total. The number of aromatic amines is 1. The van der Waals surface area contributed by atoms with Gasteiger partial charge in [0, 0.05) is 17.0 Å². The second kappa shape index (κ2) is 9.39. The van der Waals surface area contributed by atoms with E-state index in [1.807, 2.05) is 26.0 Å². The number of aryl methyl sites for hydroxylation is 2. The molecule has 3 aromatic rings. The van der Waals surface area contributed by atoms with Crippen molar-refractivity contribution in [3.05, 3.63) is 50.9 Å². The Kier molecular flexibility index (Phi) is 6.91. The number of thiophene rings is 1. The summed E-state index contributed by atoms with van der Waals surface area (Å²) in [6.07, 6.45) is 2.05. The highest BCUT2D eigenvalue weighted by Gasteiger charge is 2.16. The van der Waals surface area contributed by atoms with Crippen molar-refractivity contribution in [3.63, 3.8) is 0 Å². The number of aromatic nitrogens is 2. The number of hydrogen-bond acceptors (Lipinski definition) is 5. The summed E-state index contributed by atoms with van der Waals surface area (Å²) in [5.74, 6) is 1.50. The molecule has 0 bridgehead atoms. The Morgan fingerprint density at radius 3 is 2.71 bits per heavy atom. The average molecular weight is 416 g/mol. The molecule has 0 unspecified atom stereocenters. The molecule has 0 radical (unpaired) electrons. The van der Waals surface area contributed by atoms with Crippen LogP contribution in [-0.2, 0) is 10.5 Å². The third-order valence-electron chi connectivity index (χ3n) is 4.45. The number of rotatable bonds is 8. The standard InChI is InChI=1S/C21H25N3O2S2/c1-4-5-10-22-17(25)12-27-11-16-23-20(26)19-18(14(3)28-21(19)24-16)15-8-6-13(2)7-9-15/h6-9H,4-5,10-12H2,1-3H3,(H,22,25)(H,23,24,26). The monoisotopic (exact) mass is 415 g/mol. The third kappa shape index (κ3) is 4.83. The van der Waals surface area contributed by atoms with Crippen LogP contribution in [0.25, 0.3) is 21.3 Å². The van der Waals surface area contributed by atoms with Crippen molar-refractivity contribution >= 4 is 39.2 Å². The SMILES string of the molecule is CCCCNC(=O)CSCc1nc2sc(C)c(-c3ccc(C)cc3)c2c(=O)[nH]1. The van der Waals surface area contributed by atoms with Gasteiger partial charge in [0.25, 0.3) is 5.56 Å². The number of fused-ring (bicyclic) bond motifs is 1. The van der Waals surface area contributed by atoms with E-state index in [0.29, 0.717) is 29.3 Å². The summed E-state index contributed by atoms with van der Waals surface area (Å²) in [5, 5.41) is 3.54. The Labute approximate surface area is 173 Å². The normalized spacial score (nSPS) is 11.1. The smallest absolute Gasteiger partial charge is 0.260 e. The summed E-state index contributed by atoms with van der Waals surface area (Å²) in [6, 6.07) is 8.20. The molecular weight excluding hydrogens is 390 g/mol. The molecule has 0 aliphatic rings. The molecule has 2 aromatic heterocycles. The third-order valence-corrected chi connectivity index (χ3v) is 6.39. The topological polar surface area (TPSA) is 74.8 Å². The number of nitrogens with zero attached hydrogens (tertiary/aromatic N) is 1. The van der Waals surface area contributed by atoms with E-state index in [-0.39, 0.29) is 11.5 Å². The van der Waals surface area contributed by atoms with Crippen molar-refractivity contribution in [2.45, 2.75) is 39.4 Å². The zero-order chi connectivity index (χ0) is 20.1. The highest BCUT2D eigenvalue weighted by Crippen LogP contribution is 2.35. The number of hydrogen-bond donors (Lipinski definition) is 2. The maximum absolute atomic E-state index is 12.8. The number of benzene rings is 1. The molecule has 3 rings (SSSR count). The van der Waals surface area contributed by atoms with Gasteiger partial charge in [0.15, 0.2) is 0 Å². The van der Waals surface area contributed by atoms with Crippen LogP contribution in [0.4, 0.5) is 0 Å². The lowest BCUT2D eigenvalue weighted by Gasteiger charge is -2.05. The molecule has 1 aromatic carbocycles.